The summed E-state index contributed by atoms with van der Waals surface area (Å²) in [6, 6.07) is -0.759. The molecule has 1 heterocycles. The van der Waals surface area contributed by atoms with E-state index in [9.17, 15) is 19.2 Å². The van der Waals surface area contributed by atoms with Crippen molar-refractivity contribution < 1.29 is 23.9 Å². The number of esters is 1. The van der Waals surface area contributed by atoms with Crippen LogP contribution in [0.3, 0.4) is 0 Å². The summed E-state index contributed by atoms with van der Waals surface area (Å²) in [7, 11) is 3.46. The maximum Gasteiger partial charge on any atom is 0.332 e. The third-order valence-corrected chi connectivity index (χ3v) is 2.17. The smallest absolute Gasteiger partial charge is 0.332 e. The van der Waals surface area contributed by atoms with Crippen molar-refractivity contribution in [2.24, 2.45) is 5.92 Å². The van der Waals surface area contributed by atoms with Gasteiger partial charge in [0.25, 0.3) is 11.8 Å². The summed E-state index contributed by atoms with van der Waals surface area (Å²) in [5.41, 5.74) is 0. The standard InChI is InChI=1S/C8H10N2O5/c1-9-5(11)4(7(13)15-3)6(12)10(2)8(9)14/h4H,1-3H3. The van der Waals surface area contributed by atoms with Gasteiger partial charge in [0.1, 0.15) is 0 Å². The molecule has 0 radical (unpaired) electrons. The first-order chi connectivity index (χ1) is 6.91. The van der Waals surface area contributed by atoms with Crippen molar-refractivity contribution in [3.8, 4) is 0 Å². The number of nitrogens with zero attached hydrogens (tertiary/aromatic N) is 2. The summed E-state index contributed by atoms with van der Waals surface area (Å²) in [5, 5.41) is 0. The van der Waals surface area contributed by atoms with Crippen molar-refractivity contribution in [1.29, 1.82) is 0 Å². The number of imide groups is 2. The lowest BCUT2D eigenvalue weighted by Crippen LogP contribution is -2.59. The molecule has 0 bridgehead atoms. The zero-order valence-electron chi connectivity index (χ0n) is 8.51. The zero-order valence-corrected chi connectivity index (χ0v) is 8.51. The molecule has 7 nitrogen and oxygen atoms in total. The molecule has 0 aromatic carbocycles. The molecule has 1 rings (SSSR count). The van der Waals surface area contributed by atoms with Gasteiger partial charge in [-0.2, -0.15) is 0 Å². The van der Waals surface area contributed by atoms with Crippen molar-refractivity contribution >= 4 is 23.8 Å². The lowest BCUT2D eigenvalue weighted by Gasteiger charge is -2.31. The second-order valence-electron chi connectivity index (χ2n) is 3.03. The van der Waals surface area contributed by atoms with Gasteiger partial charge in [0.15, 0.2) is 0 Å². The Morgan fingerprint density at radius 3 is 1.87 bits per heavy atom. The molecule has 0 atom stereocenters. The predicted molar refractivity (Wildman–Crippen MR) is 46.4 cm³/mol. The van der Waals surface area contributed by atoms with E-state index in [1.54, 1.807) is 0 Å². The van der Waals surface area contributed by atoms with E-state index in [0.29, 0.717) is 9.80 Å². The van der Waals surface area contributed by atoms with E-state index < -0.39 is 29.7 Å². The van der Waals surface area contributed by atoms with Crippen LogP contribution >= 0.6 is 0 Å². The van der Waals surface area contributed by atoms with Gasteiger partial charge in [-0.1, -0.05) is 0 Å². The van der Waals surface area contributed by atoms with Gasteiger partial charge in [0.05, 0.1) is 7.11 Å². The SMILES string of the molecule is COC(=O)C1C(=O)N(C)C(=O)N(C)C1=O. The molecule has 0 aromatic rings. The molecule has 1 aliphatic heterocycles. The highest BCUT2D eigenvalue weighted by Crippen LogP contribution is 2.16. The Hall–Kier alpha value is -1.92. The van der Waals surface area contributed by atoms with Gasteiger partial charge in [0, 0.05) is 14.1 Å². The van der Waals surface area contributed by atoms with E-state index >= 15 is 0 Å². The molecule has 7 heteroatoms. The lowest BCUT2D eigenvalue weighted by atomic mass is 10.1. The fourth-order valence-electron chi connectivity index (χ4n) is 1.23. The number of urea groups is 1. The van der Waals surface area contributed by atoms with Gasteiger partial charge in [-0.3, -0.25) is 24.2 Å². The van der Waals surface area contributed by atoms with E-state index in [4.69, 9.17) is 0 Å². The molecule has 0 N–H and O–H groups in total. The molecule has 0 spiro atoms. The molecule has 15 heavy (non-hydrogen) atoms. The quantitative estimate of drug-likeness (QED) is 0.405. The third kappa shape index (κ3) is 1.56. The van der Waals surface area contributed by atoms with Crippen molar-refractivity contribution in [2.75, 3.05) is 21.2 Å². The highest BCUT2D eigenvalue weighted by molar-refractivity contribution is 6.24. The molecule has 4 amide bonds. The highest BCUT2D eigenvalue weighted by atomic mass is 16.5. The zero-order chi connectivity index (χ0) is 11.7. The highest BCUT2D eigenvalue weighted by Gasteiger charge is 2.47. The Balaban J connectivity index is 3.08. The minimum Gasteiger partial charge on any atom is -0.468 e. The summed E-state index contributed by atoms with van der Waals surface area (Å²) in [6.45, 7) is 0. The lowest BCUT2D eigenvalue weighted by molar-refractivity contribution is -0.161. The number of ether oxygens (including phenoxy) is 1. The van der Waals surface area contributed by atoms with E-state index in [0.717, 1.165) is 7.11 Å². The van der Waals surface area contributed by atoms with Crippen LogP contribution in [0.25, 0.3) is 0 Å². The number of carbonyl (C=O) groups is 4. The van der Waals surface area contributed by atoms with Crippen LogP contribution in [0.2, 0.25) is 0 Å². The number of methoxy groups -OCH3 is 1. The Morgan fingerprint density at radius 2 is 1.53 bits per heavy atom. The van der Waals surface area contributed by atoms with Crippen LogP contribution in [0.1, 0.15) is 0 Å². The van der Waals surface area contributed by atoms with E-state index in [2.05, 4.69) is 4.74 Å². The molecule has 1 fully saturated rings. The van der Waals surface area contributed by atoms with Gasteiger partial charge in [-0.15, -0.1) is 0 Å². The van der Waals surface area contributed by atoms with Gasteiger partial charge < -0.3 is 4.74 Å². The van der Waals surface area contributed by atoms with Crippen molar-refractivity contribution in [3.05, 3.63) is 0 Å². The topological polar surface area (TPSA) is 84.0 Å². The van der Waals surface area contributed by atoms with Crippen LogP contribution < -0.4 is 0 Å². The second kappa shape index (κ2) is 3.68. The first kappa shape index (κ1) is 11.2. The van der Waals surface area contributed by atoms with Crippen molar-refractivity contribution in [3.63, 3.8) is 0 Å². The number of barbiturate groups is 1. The summed E-state index contributed by atoms with van der Waals surface area (Å²) < 4.78 is 4.32. The third-order valence-electron chi connectivity index (χ3n) is 2.17. The van der Waals surface area contributed by atoms with Crippen molar-refractivity contribution in [1.82, 2.24) is 9.80 Å². The minimum atomic E-state index is -1.57. The Labute approximate surface area is 85.6 Å². The summed E-state index contributed by atoms with van der Waals surface area (Å²) in [6.07, 6.45) is 0. The van der Waals surface area contributed by atoms with E-state index in [1.165, 1.54) is 14.1 Å². The number of carbonyl (C=O) groups excluding carboxylic acids is 4. The van der Waals surface area contributed by atoms with Gasteiger partial charge in [-0.25, -0.2) is 4.79 Å². The van der Waals surface area contributed by atoms with E-state index in [1.807, 2.05) is 0 Å². The predicted octanol–water partition coefficient (Wildman–Crippen LogP) is -1.17. The van der Waals surface area contributed by atoms with Gasteiger partial charge in [-0.05, 0) is 0 Å². The minimum absolute atomic E-state index is 0.711. The molecule has 0 unspecified atom stereocenters. The maximum absolute atomic E-state index is 11.4. The van der Waals surface area contributed by atoms with Crippen LogP contribution in [0.15, 0.2) is 0 Å². The summed E-state index contributed by atoms with van der Waals surface area (Å²) in [5.74, 6) is -4.26. The molecule has 82 valence electrons. The van der Waals surface area contributed by atoms with Gasteiger partial charge in [0.2, 0.25) is 5.92 Å². The average Bonchev–Trinajstić information content (AvgIpc) is 2.23. The summed E-state index contributed by atoms with van der Waals surface area (Å²) in [4.78, 5) is 46.7. The maximum atomic E-state index is 11.4. The molecular formula is C8H10N2O5. The molecule has 1 saturated heterocycles. The van der Waals surface area contributed by atoms with Crippen LogP contribution in [0, 0.1) is 5.92 Å². The van der Waals surface area contributed by atoms with Crippen LogP contribution in [0.5, 0.6) is 0 Å². The van der Waals surface area contributed by atoms with Gasteiger partial charge >= 0.3 is 12.0 Å². The summed E-state index contributed by atoms with van der Waals surface area (Å²) >= 11 is 0. The Bertz CT molecular complexity index is 327. The van der Waals surface area contributed by atoms with Crippen LogP contribution in [0.4, 0.5) is 4.79 Å². The van der Waals surface area contributed by atoms with Crippen LogP contribution in [-0.2, 0) is 19.1 Å². The molecule has 0 aromatic heterocycles. The normalized spacial score (nSPS) is 18.5. The Kier molecular flexibility index (Phi) is 2.74. The van der Waals surface area contributed by atoms with Crippen molar-refractivity contribution in [2.45, 2.75) is 0 Å². The molecule has 0 saturated carbocycles. The monoisotopic (exact) mass is 214 g/mol. The average molecular weight is 214 g/mol. The Morgan fingerprint density at radius 1 is 1.13 bits per heavy atom. The first-order valence-electron chi connectivity index (χ1n) is 4.08. The molecule has 1 aliphatic rings. The fraction of sp³-hybridized carbons (Fsp3) is 0.500. The van der Waals surface area contributed by atoms with E-state index in [-0.39, 0.29) is 0 Å². The fourth-order valence-corrected chi connectivity index (χ4v) is 1.23. The number of hydrogen-bond acceptors (Lipinski definition) is 5. The molecular weight excluding hydrogens is 204 g/mol. The molecule has 0 aliphatic carbocycles. The largest absolute Gasteiger partial charge is 0.468 e. The second-order valence-corrected chi connectivity index (χ2v) is 3.03. The first-order valence-corrected chi connectivity index (χ1v) is 4.08. The number of amides is 4. The number of hydrogen-bond donors (Lipinski definition) is 0. The van der Waals surface area contributed by atoms with Crippen LogP contribution in [-0.4, -0.2) is 54.8 Å². The number of rotatable bonds is 1.